The molecule has 1 aliphatic heterocycles. The molecule has 4 N–H and O–H groups in total. The molecule has 0 spiro atoms. The van der Waals surface area contributed by atoms with Gasteiger partial charge >= 0.3 is 11.9 Å². The Morgan fingerprint density at radius 1 is 0.956 bits per heavy atom. The molecular formula is C33H51N3O9. The number of aliphatic carboxylic acids is 2. The van der Waals surface area contributed by atoms with Crippen molar-refractivity contribution in [1.29, 1.82) is 0 Å². The fourth-order valence-corrected chi connectivity index (χ4v) is 5.96. The molecule has 0 bridgehead atoms. The zero-order valence-electron chi connectivity index (χ0n) is 27.4. The standard InChI is InChI=1S/C33H51N3O9/c1-7-20(2)21(3)27(44-5)19-28(37)36-17-11-14-26(36)30(45-6)22(4)31(40)35-25(18-23-12-9-8-10-13-23)32(41)34-24(33(42)43)15-16-29(38)39/h8-10,12-13,20-22,24-27,30H,7,11,14-19H2,1-6H3,(H,34,41)(H,35,40)(H,38,39)(H,42,43)/t20-,21-,22+,24?,25-,26-,27+,30+/m0/s1. The lowest BCUT2D eigenvalue weighted by Gasteiger charge is -2.35. The van der Waals surface area contributed by atoms with Gasteiger partial charge in [0.2, 0.25) is 17.7 Å². The van der Waals surface area contributed by atoms with E-state index in [-0.39, 0.29) is 43.2 Å². The van der Waals surface area contributed by atoms with E-state index >= 15 is 0 Å². The van der Waals surface area contributed by atoms with Crippen LogP contribution >= 0.6 is 0 Å². The van der Waals surface area contributed by atoms with Crippen LogP contribution in [0.1, 0.15) is 71.8 Å². The Balaban J connectivity index is 2.21. The number of nitrogens with zero attached hydrogens (tertiary/aromatic N) is 1. The Hall–Kier alpha value is -3.51. The van der Waals surface area contributed by atoms with Crippen molar-refractivity contribution in [2.24, 2.45) is 17.8 Å². The van der Waals surface area contributed by atoms with E-state index in [4.69, 9.17) is 14.6 Å². The highest BCUT2D eigenvalue weighted by molar-refractivity contribution is 5.91. The predicted octanol–water partition coefficient (Wildman–Crippen LogP) is 2.88. The summed E-state index contributed by atoms with van der Waals surface area (Å²) in [6.45, 7) is 8.56. The molecule has 1 heterocycles. The molecule has 12 heteroatoms. The maximum absolute atomic E-state index is 13.6. The van der Waals surface area contributed by atoms with E-state index in [0.717, 1.165) is 18.4 Å². The number of carbonyl (C=O) groups excluding carboxylic acids is 3. The summed E-state index contributed by atoms with van der Waals surface area (Å²) >= 11 is 0. The minimum absolute atomic E-state index is 0.0587. The topological polar surface area (TPSA) is 172 Å². The summed E-state index contributed by atoms with van der Waals surface area (Å²) in [6, 6.07) is 6.01. The maximum Gasteiger partial charge on any atom is 0.326 e. The van der Waals surface area contributed by atoms with E-state index in [9.17, 15) is 29.1 Å². The van der Waals surface area contributed by atoms with Crippen molar-refractivity contribution >= 4 is 29.7 Å². The second-order valence-corrected chi connectivity index (χ2v) is 12.1. The summed E-state index contributed by atoms with van der Waals surface area (Å²) in [7, 11) is 3.11. The SMILES string of the molecule is CC[C@H](C)[C@H](C)[C@@H](CC(=O)N1CCC[C@H]1[C@H](OC)[C@@H](C)C(=O)N[C@@H](Cc1ccccc1)C(=O)NC(CCC(=O)O)C(=O)O)OC. The molecule has 1 fully saturated rings. The first-order chi connectivity index (χ1) is 21.3. The second-order valence-electron chi connectivity index (χ2n) is 12.1. The van der Waals surface area contributed by atoms with Crippen LogP contribution in [0.25, 0.3) is 0 Å². The van der Waals surface area contributed by atoms with Crippen LogP contribution in [0.15, 0.2) is 30.3 Å². The first-order valence-corrected chi connectivity index (χ1v) is 15.8. The molecule has 1 aromatic carbocycles. The number of ether oxygens (including phenoxy) is 2. The van der Waals surface area contributed by atoms with Crippen molar-refractivity contribution in [3.8, 4) is 0 Å². The molecule has 0 radical (unpaired) electrons. The highest BCUT2D eigenvalue weighted by Gasteiger charge is 2.41. The minimum Gasteiger partial charge on any atom is -0.481 e. The summed E-state index contributed by atoms with van der Waals surface area (Å²) in [4.78, 5) is 65.0. The van der Waals surface area contributed by atoms with Crippen molar-refractivity contribution in [3.63, 3.8) is 0 Å². The Morgan fingerprint density at radius 2 is 1.60 bits per heavy atom. The van der Waals surface area contributed by atoms with Crippen molar-refractivity contribution in [2.75, 3.05) is 20.8 Å². The molecule has 12 nitrogen and oxygen atoms in total. The third-order valence-electron chi connectivity index (χ3n) is 9.16. The Labute approximate surface area is 266 Å². The van der Waals surface area contributed by atoms with Gasteiger partial charge in [0.15, 0.2) is 0 Å². The number of hydrogen-bond donors (Lipinski definition) is 4. The van der Waals surface area contributed by atoms with E-state index in [1.165, 1.54) is 7.11 Å². The highest BCUT2D eigenvalue weighted by atomic mass is 16.5. The molecule has 1 unspecified atom stereocenters. The average Bonchev–Trinajstić information content (AvgIpc) is 3.50. The lowest BCUT2D eigenvalue weighted by molar-refractivity contribution is -0.144. The molecule has 2 rings (SSSR count). The lowest BCUT2D eigenvalue weighted by atomic mass is 9.87. The molecule has 1 aromatic rings. The number of nitrogens with one attached hydrogen (secondary N) is 2. The van der Waals surface area contributed by atoms with Crippen LogP contribution in [-0.2, 0) is 39.9 Å². The zero-order valence-corrected chi connectivity index (χ0v) is 27.4. The molecule has 3 amide bonds. The van der Waals surface area contributed by atoms with Crippen LogP contribution in [0.5, 0.6) is 0 Å². The second kappa shape index (κ2) is 18.5. The molecule has 8 atom stereocenters. The Bertz CT molecular complexity index is 1130. The van der Waals surface area contributed by atoms with Crippen LogP contribution in [0.4, 0.5) is 0 Å². The smallest absolute Gasteiger partial charge is 0.326 e. The van der Waals surface area contributed by atoms with Gasteiger partial charge < -0.3 is 35.2 Å². The molecule has 0 saturated carbocycles. The van der Waals surface area contributed by atoms with Gasteiger partial charge in [0.05, 0.1) is 30.6 Å². The maximum atomic E-state index is 13.6. The molecule has 0 aliphatic carbocycles. The number of hydrogen-bond acceptors (Lipinski definition) is 7. The van der Waals surface area contributed by atoms with Gasteiger partial charge in [0, 0.05) is 33.6 Å². The zero-order chi connectivity index (χ0) is 33.7. The number of carbonyl (C=O) groups is 5. The van der Waals surface area contributed by atoms with E-state index in [0.29, 0.717) is 18.9 Å². The van der Waals surface area contributed by atoms with Crippen LogP contribution in [0, 0.1) is 17.8 Å². The number of rotatable bonds is 19. The largest absolute Gasteiger partial charge is 0.481 e. The normalized spacial score (nSPS) is 19.4. The first kappa shape index (κ1) is 37.7. The average molecular weight is 634 g/mol. The van der Waals surface area contributed by atoms with Gasteiger partial charge in [-0.05, 0) is 36.7 Å². The molecule has 45 heavy (non-hydrogen) atoms. The van der Waals surface area contributed by atoms with Gasteiger partial charge in [-0.2, -0.15) is 0 Å². The monoisotopic (exact) mass is 633 g/mol. The lowest BCUT2D eigenvalue weighted by Crippen LogP contribution is -2.56. The van der Waals surface area contributed by atoms with Gasteiger partial charge in [-0.1, -0.05) is 64.4 Å². The highest BCUT2D eigenvalue weighted by Crippen LogP contribution is 2.29. The van der Waals surface area contributed by atoms with E-state index < -0.39 is 54.3 Å². The van der Waals surface area contributed by atoms with Crippen LogP contribution < -0.4 is 10.6 Å². The van der Waals surface area contributed by atoms with E-state index in [1.54, 1.807) is 43.2 Å². The van der Waals surface area contributed by atoms with Crippen molar-refractivity contribution in [1.82, 2.24) is 15.5 Å². The number of carboxylic acid groups (broad SMARTS) is 2. The van der Waals surface area contributed by atoms with Crippen molar-refractivity contribution < 1.29 is 43.7 Å². The van der Waals surface area contributed by atoms with Gasteiger partial charge in [-0.25, -0.2) is 4.79 Å². The fourth-order valence-electron chi connectivity index (χ4n) is 5.96. The summed E-state index contributed by atoms with van der Waals surface area (Å²) in [6.07, 6.45) is 1.03. The van der Waals surface area contributed by atoms with Crippen LogP contribution in [0.3, 0.4) is 0 Å². The van der Waals surface area contributed by atoms with Gasteiger partial charge in [-0.15, -0.1) is 0 Å². The Morgan fingerprint density at radius 3 is 2.16 bits per heavy atom. The number of likely N-dealkylation sites (tertiary alicyclic amines) is 1. The molecular weight excluding hydrogens is 582 g/mol. The van der Waals surface area contributed by atoms with E-state index in [2.05, 4.69) is 31.4 Å². The predicted molar refractivity (Wildman–Crippen MR) is 167 cm³/mol. The van der Waals surface area contributed by atoms with Gasteiger partial charge in [-0.3, -0.25) is 19.2 Å². The molecule has 0 aromatic heterocycles. The summed E-state index contributed by atoms with van der Waals surface area (Å²) < 4.78 is 11.5. The quantitative estimate of drug-likeness (QED) is 0.179. The number of benzene rings is 1. The fraction of sp³-hybridized carbons (Fsp3) is 0.667. The molecule has 1 saturated heterocycles. The third-order valence-corrected chi connectivity index (χ3v) is 9.16. The van der Waals surface area contributed by atoms with Crippen LogP contribution in [-0.4, -0.2) is 95.9 Å². The number of methoxy groups -OCH3 is 2. The number of carboxylic acids is 2. The van der Waals surface area contributed by atoms with Gasteiger partial charge in [0.1, 0.15) is 12.1 Å². The number of amides is 3. The minimum atomic E-state index is -1.44. The Kier molecular flexibility index (Phi) is 15.5. The molecule has 1 aliphatic rings. The van der Waals surface area contributed by atoms with Gasteiger partial charge in [0.25, 0.3) is 0 Å². The summed E-state index contributed by atoms with van der Waals surface area (Å²) in [5.74, 6) is -4.05. The summed E-state index contributed by atoms with van der Waals surface area (Å²) in [5, 5.41) is 23.7. The summed E-state index contributed by atoms with van der Waals surface area (Å²) in [5.41, 5.74) is 0.734. The van der Waals surface area contributed by atoms with E-state index in [1.807, 2.05) is 6.07 Å². The van der Waals surface area contributed by atoms with Crippen molar-refractivity contribution in [3.05, 3.63) is 35.9 Å². The third kappa shape index (κ3) is 11.1. The van der Waals surface area contributed by atoms with Crippen LogP contribution in [0.2, 0.25) is 0 Å². The van der Waals surface area contributed by atoms with Crippen molar-refractivity contribution in [2.45, 2.75) is 103 Å². The molecule has 252 valence electrons. The first-order valence-electron chi connectivity index (χ1n) is 15.8.